The standard InChI is InChI=1S/C14H14ClFN2O2S/c15-11-4-1-5-12(16)10(11)7-13-17-18-14(20-13)21-8-9-3-2-6-19-9/h1,4-5,9H,2-3,6-8H2. The average Bonchev–Trinajstić information content (AvgIpc) is 3.12. The molecule has 7 heteroatoms. The molecule has 112 valence electrons. The van der Waals surface area contributed by atoms with E-state index in [4.69, 9.17) is 20.8 Å². The van der Waals surface area contributed by atoms with Crippen LogP contribution in [-0.4, -0.2) is 28.7 Å². The van der Waals surface area contributed by atoms with Crippen molar-refractivity contribution < 1.29 is 13.5 Å². The smallest absolute Gasteiger partial charge is 0.276 e. The molecule has 0 radical (unpaired) electrons. The van der Waals surface area contributed by atoms with Crippen molar-refractivity contribution in [3.8, 4) is 0 Å². The van der Waals surface area contributed by atoms with Crippen molar-refractivity contribution in [3.05, 3.63) is 40.5 Å². The molecular formula is C14H14ClFN2O2S. The summed E-state index contributed by atoms with van der Waals surface area (Å²) < 4.78 is 24.7. The molecule has 1 atom stereocenters. The highest BCUT2D eigenvalue weighted by Gasteiger charge is 2.18. The van der Waals surface area contributed by atoms with Crippen LogP contribution in [0.1, 0.15) is 24.3 Å². The zero-order valence-electron chi connectivity index (χ0n) is 11.2. The maximum Gasteiger partial charge on any atom is 0.276 e. The Balaban J connectivity index is 1.62. The van der Waals surface area contributed by atoms with Crippen molar-refractivity contribution in [2.24, 2.45) is 0 Å². The molecule has 0 spiro atoms. The molecule has 21 heavy (non-hydrogen) atoms. The summed E-state index contributed by atoms with van der Waals surface area (Å²) in [5, 5.41) is 8.74. The molecule has 4 nitrogen and oxygen atoms in total. The highest BCUT2D eigenvalue weighted by molar-refractivity contribution is 7.99. The SMILES string of the molecule is Fc1cccc(Cl)c1Cc1nnc(SCC2CCCO2)o1. The quantitative estimate of drug-likeness (QED) is 0.783. The van der Waals surface area contributed by atoms with Crippen molar-refractivity contribution in [1.82, 2.24) is 10.2 Å². The highest BCUT2D eigenvalue weighted by atomic mass is 35.5. The van der Waals surface area contributed by atoms with Gasteiger partial charge in [-0.05, 0) is 25.0 Å². The van der Waals surface area contributed by atoms with Crippen LogP contribution < -0.4 is 0 Å². The summed E-state index contributed by atoms with van der Waals surface area (Å²) in [7, 11) is 0. The number of thioether (sulfide) groups is 1. The zero-order valence-corrected chi connectivity index (χ0v) is 12.8. The Labute approximate surface area is 131 Å². The summed E-state index contributed by atoms with van der Waals surface area (Å²) in [6, 6.07) is 4.58. The first kappa shape index (κ1) is 14.8. The molecule has 0 aliphatic carbocycles. The largest absolute Gasteiger partial charge is 0.416 e. The van der Waals surface area contributed by atoms with Gasteiger partial charge in [-0.2, -0.15) is 0 Å². The van der Waals surface area contributed by atoms with Crippen LogP contribution in [-0.2, 0) is 11.2 Å². The van der Waals surface area contributed by atoms with Gasteiger partial charge in [0.1, 0.15) is 5.82 Å². The Morgan fingerprint density at radius 1 is 1.38 bits per heavy atom. The van der Waals surface area contributed by atoms with Crippen molar-refractivity contribution >= 4 is 23.4 Å². The van der Waals surface area contributed by atoms with E-state index in [1.807, 2.05) is 0 Å². The number of benzene rings is 1. The van der Waals surface area contributed by atoms with Gasteiger partial charge in [-0.25, -0.2) is 4.39 Å². The van der Waals surface area contributed by atoms with E-state index in [1.165, 1.54) is 17.8 Å². The lowest BCUT2D eigenvalue weighted by atomic mass is 10.1. The minimum Gasteiger partial charge on any atom is -0.416 e. The molecule has 1 aromatic carbocycles. The van der Waals surface area contributed by atoms with E-state index in [0.717, 1.165) is 25.2 Å². The first-order valence-corrected chi connectivity index (χ1v) is 8.08. The fourth-order valence-electron chi connectivity index (χ4n) is 2.16. The summed E-state index contributed by atoms with van der Waals surface area (Å²) in [6.45, 7) is 0.825. The van der Waals surface area contributed by atoms with E-state index in [-0.39, 0.29) is 18.3 Å². The van der Waals surface area contributed by atoms with Crippen LogP contribution in [0.15, 0.2) is 27.8 Å². The van der Waals surface area contributed by atoms with Gasteiger partial charge in [0.2, 0.25) is 5.89 Å². The van der Waals surface area contributed by atoms with Crippen LogP contribution in [0.4, 0.5) is 4.39 Å². The second kappa shape index (κ2) is 6.77. The average molecular weight is 329 g/mol. The second-order valence-corrected chi connectivity index (χ2v) is 6.16. The Morgan fingerprint density at radius 2 is 2.29 bits per heavy atom. The number of aromatic nitrogens is 2. The van der Waals surface area contributed by atoms with Crippen LogP contribution in [0.3, 0.4) is 0 Å². The highest BCUT2D eigenvalue weighted by Crippen LogP contribution is 2.25. The van der Waals surface area contributed by atoms with Gasteiger partial charge < -0.3 is 9.15 Å². The summed E-state index contributed by atoms with van der Waals surface area (Å²) in [5.74, 6) is 0.785. The lowest BCUT2D eigenvalue weighted by Gasteiger charge is -2.05. The van der Waals surface area contributed by atoms with Gasteiger partial charge in [-0.15, -0.1) is 10.2 Å². The van der Waals surface area contributed by atoms with Gasteiger partial charge in [0, 0.05) is 22.9 Å². The monoisotopic (exact) mass is 328 g/mol. The zero-order chi connectivity index (χ0) is 14.7. The van der Waals surface area contributed by atoms with E-state index in [2.05, 4.69) is 10.2 Å². The number of ether oxygens (including phenoxy) is 1. The summed E-state index contributed by atoms with van der Waals surface area (Å²) >= 11 is 7.45. The molecule has 1 fully saturated rings. The van der Waals surface area contributed by atoms with Gasteiger partial charge in [0.05, 0.1) is 12.5 Å². The number of hydrogen-bond donors (Lipinski definition) is 0. The van der Waals surface area contributed by atoms with Crippen molar-refractivity contribution in [2.45, 2.75) is 30.6 Å². The predicted octanol–water partition coefficient (Wildman–Crippen LogP) is 3.72. The van der Waals surface area contributed by atoms with Crippen LogP contribution in [0.5, 0.6) is 0 Å². The van der Waals surface area contributed by atoms with E-state index < -0.39 is 0 Å². The van der Waals surface area contributed by atoms with Crippen LogP contribution in [0.25, 0.3) is 0 Å². The van der Waals surface area contributed by atoms with Crippen LogP contribution in [0, 0.1) is 5.82 Å². The Morgan fingerprint density at radius 3 is 3.05 bits per heavy atom. The lowest BCUT2D eigenvalue weighted by Crippen LogP contribution is -2.07. The molecular weight excluding hydrogens is 315 g/mol. The van der Waals surface area contributed by atoms with Crippen LogP contribution in [0.2, 0.25) is 5.02 Å². The summed E-state index contributed by atoms with van der Waals surface area (Å²) in [4.78, 5) is 0. The molecule has 1 saturated heterocycles. The second-order valence-electron chi connectivity index (χ2n) is 4.78. The third kappa shape index (κ3) is 3.75. The van der Waals surface area contributed by atoms with Gasteiger partial charge >= 0.3 is 0 Å². The molecule has 2 heterocycles. The van der Waals surface area contributed by atoms with Gasteiger partial charge in [0.15, 0.2) is 0 Å². The maximum atomic E-state index is 13.7. The number of nitrogens with zero attached hydrogens (tertiary/aromatic N) is 2. The molecule has 0 amide bonds. The molecule has 1 aliphatic rings. The maximum absolute atomic E-state index is 13.7. The van der Waals surface area contributed by atoms with Crippen LogP contribution >= 0.6 is 23.4 Å². The minimum atomic E-state index is -0.366. The first-order chi connectivity index (χ1) is 10.2. The molecule has 3 rings (SSSR count). The van der Waals surface area contributed by atoms with E-state index in [9.17, 15) is 4.39 Å². The number of halogens is 2. The molecule has 1 aromatic heterocycles. The summed E-state index contributed by atoms with van der Waals surface area (Å²) in [6.07, 6.45) is 2.62. The third-order valence-corrected chi connectivity index (χ3v) is 4.56. The van der Waals surface area contributed by atoms with E-state index in [1.54, 1.807) is 12.1 Å². The predicted molar refractivity (Wildman–Crippen MR) is 78.2 cm³/mol. The fourth-order valence-corrected chi connectivity index (χ4v) is 3.24. The van der Waals surface area contributed by atoms with E-state index in [0.29, 0.717) is 21.7 Å². The first-order valence-electron chi connectivity index (χ1n) is 6.72. The number of rotatable bonds is 5. The van der Waals surface area contributed by atoms with Crippen molar-refractivity contribution in [3.63, 3.8) is 0 Å². The number of hydrogen-bond acceptors (Lipinski definition) is 5. The Bertz CT molecular complexity index is 597. The molecule has 0 bridgehead atoms. The molecule has 2 aromatic rings. The van der Waals surface area contributed by atoms with Gasteiger partial charge in [-0.1, -0.05) is 29.4 Å². The molecule has 0 saturated carbocycles. The molecule has 1 unspecified atom stereocenters. The lowest BCUT2D eigenvalue weighted by molar-refractivity contribution is 0.128. The molecule has 1 aliphatic heterocycles. The van der Waals surface area contributed by atoms with Crippen molar-refractivity contribution in [1.29, 1.82) is 0 Å². The van der Waals surface area contributed by atoms with Gasteiger partial charge in [-0.3, -0.25) is 0 Å². The summed E-state index contributed by atoms with van der Waals surface area (Å²) in [5.41, 5.74) is 0.374. The minimum absolute atomic E-state index is 0.193. The fraction of sp³-hybridized carbons (Fsp3) is 0.429. The third-order valence-electron chi connectivity index (χ3n) is 3.25. The Hall–Kier alpha value is -1.11. The molecule has 0 N–H and O–H groups in total. The normalized spacial score (nSPS) is 18.3. The topological polar surface area (TPSA) is 48.2 Å². The Kier molecular flexibility index (Phi) is 4.77. The van der Waals surface area contributed by atoms with Crippen molar-refractivity contribution in [2.75, 3.05) is 12.4 Å². The van der Waals surface area contributed by atoms with Gasteiger partial charge in [0.25, 0.3) is 5.22 Å². The van der Waals surface area contributed by atoms with E-state index >= 15 is 0 Å².